The van der Waals surface area contributed by atoms with Crippen LogP contribution in [0.15, 0.2) is 207 Å². The highest BCUT2D eigenvalue weighted by molar-refractivity contribution is 7.75. The lowest BCUT2D eigenvalue weighted by Crippen LogP contribution is -2.41. The van der Waals surface area contributed by atoms with Gasteiger partial charge in [-0.2, -0.15) is 26.3 Å². The quantitative estimate of drug-likeness (QED) is 0.116. The number of alkyl halides is 6. The van der Waals surface area contributed by atoms with Crippen molar-refractivity contribution in [3.8, 4) is 56.8 Å². The third-order valence-corrected chi connectivity index (χ3v) is 21.6. The Morgan fingerprint density at radius 1 is 0.378 bits per heavy atom. The molecule has 10 aromatic rings. The van der Waals surface area contributed by atoms with E-state index in [9.17, 15) is 26.3 Å². The number of fused-ring (bicyclic) bond motifs is 10. The van der Waals surface area contributed by atoms with Gasteiger partial charge in [0.25, 0.3) is 0 Å². The topological polar surface area (TPSA) is 128 Å². The molecule has 14 nitrogen and oxygen atoms in total. The van der Waals surface area contributed by atoms with Crippen LogP contribution >= 0.6 is 14.7 Å². The molecule has 0 radical (unpaired) electrons. The highest BCUT2D eigenvalue weighted by Gasteiger charge is 2.48. The van der Waals surface area contributed by atoms with E-state index in [1.165, 1.54) is 18.2 Å². The number of halogens is 6. The van der Waals surface area contributed by atoms with Crippen molar-refractivity contribution in [3.63, 3.8) is 0 Å². The minimum Gasteiger partial charge on any atom is -0.473 e. The highest BCUT2D eigenvalue weighted by Crippen LogP contribution is 2.60. The van der Waals surface area contributed by atoms with Crippen LogP contribution in [-0.2, 0) is 47.7 Å². The molecule has 6 aliphatic rings. The van der Waals surface area contributed by atoms with E-state index >= 15 is 9.13 Å². The number of benzene rings is 8. The van der Waals surface area contributed by atoms with Crippen molar-refractivity contribution in [1.82, 2.24) is 9.97 Å². The summed E-state index contributed by atoms with van der Waals surface area (Å²) in [6.45, 7) is 1.37. The number of rotatable bonds is 6. The van der Waals surface area contributed by atoms with E-state index in [2.05, 4.69) is 9.97 Å². The van der Waals surface area contributed by atoms with E-state index in [1.807, 2.05) is 125 Å². The molecule has 2 aromatic heterocycles. The Bertz CT molecular complexity index is 4580. The fourth-order valence-electron chi connectivity index (χ4n) is 12.4. The molecule has 0 saturated carbocycles. The van der Waals surface area contributed by atoms with Crippen LogP contribution in [0.2, 0.25) is 0 Å². The lowest BCUT2D eigenvalue weighted by atomic mass is 10.0. The van der Waals surface area contributed by atoms with Crippen molar-refractivity contribution >= 4 is 59.0 Å². The maximum absolute atomic E-state index is 15.6. The first kappa shape index (κ1) is 56.6. The molecule has 2 unspecified atom stereocenters. The SMILES string of the molecule is O=P1(c2c3c(cc4c2OCN(c2cccc(C(F)(F)F)c2)C4)OCN(c2cccc(C(F)(F)F)c2)C3)Oc2ccccc2-c2ccccc21.O=P1(c2c3c(cc4c2OCN(c2ccccn2)C4)OCN(c2ccccn2)C3)Oc2ccccc2-c2ccccc21. The zero-order chi connectivity index (χ0) is 61.5. The van der Waals surface area contributed by atoms with Gasteiger partial charge in [-0.05, 0) is 108 Å². The summed E-state index contributed by atoms with van der Waals surface area (Å²) in [6.07, 6.45) is -5.59. The van der Waals surface area contributed by atoms with Gasteiger partial charge >= 0.3 is 27.1 Å². The summed E-state index contributed by atoms with van der Waals surface area (Å²) in [5.41, 5.74) is 4.69. The van der Waals surface area contributed by atoms with Gasteiger partial charge in [0, 0.05) is 57.1 Å². The molecule has 0 fully saturated rings. The Labute approximate surface area is 511 Å². The second kappa shape index (κ2) is 22.0. The van der Waals surface area contributed by atoms with Crippen LogP contribution in [0, 0.1) is 0 Å². The summed E-state index contributed by atoms with van der Waals surface area (Å²) >= 11 is 0. The first-order chi connectivity index (χ1) is 43.6. The number of anilines is 4. The minimum atomic E-state index is -4.56. The molecule has 6 aliphatic heterocycles. The molecule has 16 rings (SSSR count). The standard InChI is InChI=1S/C36H25F6N2O4P.C32H25N4O4P/c37-35(38,39)23-7-5-9-25(16-23)43-18-22-15-31-29(19-44(20-46-31)26-10-6-8-24(17-26)36(40,41)42)34(33(22)47-21-43)49(45)32-14-4-2-12-28(32)27-11-1-3-13-30(27)48-49;37-41(28-12-4-2-10-24(28)23-9-1-3-11-26(23)40-41)32-25-19-36(30-14-6-8-16-34-30)20-38-27(25)17-22-18-35(21-39-31(22)32)29-13-5-7-15-33-29/h1-17H,18-21H2;1-17H,18-21H2. The summed E-state index contributed by atoms with van der Waals surface area (Å²) in [5.74, 6) is 4.36. The summed E-state index contributed by atoms with van der Waals surface area (Å²) in [5, 5.41) is 1.81. The molecule has 22 heteroatoms. The molecule has 0 bridgehead atoms. The van der Waals surface area contributed by atoms with Crippen LogP contribution in [0.1, 0.15) is 33.4 Å². The molecule has 0 saturated heterocycles. The van der Waals surface area contributed by atoms with Crippen molar-refractivity contribution in [3.05, 3.63) is 240 Å². The second-order valence-corrected chi connectivity index (χ2v) is 26.5. The van der Waals surface area contributed by atoms with Crippen LogP contribution in [0.4, 0.5) is 49.4 Å². The first-order valence-corrected chi connectivity index (χ1v) is 31.9. The largest absolute Gasteiger partial charge is 0.473 e. The molecule has 90 heavy (non-hydrogen) atoms. The van der Waals surface area contributed by atoms with Gasteiger partial charge in [-0.3, -0.25) is 9.13 Å². The lowest BCUT2D eigenvalue weighted by Gasteiger charge is -2.39. The number of hydrogen-bond donors (Lipinski definition) is 0. The van der Waals surface area contributed by atoms with E-state index in [4.69, 9.17) is 28.0 Å². The lowest BCUT2D eigenvalue weighted by molar-refractivity contribution is -0.138. The molecular weight excluding hydrogens is 1200 g/mol. The van der Waals surface area contributed by atoms with E-state index in [0.717, 1.165) is 63.7 Å². The van der Waals surface area contributed by atoms with Crippen LogP contribution in [0.5, 0.6) is 34.5 Å². The summed E-state index contributed by atoms with van der Waals surface area (Å²) < 4.78 is 151. The third kappa shape index (κ3) is 9.94. The van der Waals surface area contributed by atoms with Crippen LogP contribution < -0.4 is 68.8 Å². The number of pyridine rings is 2. The predicted molar refractivity (Wildman–Crippen MR) is 330 cm³/mol. The third-order valence-electron chi connectivity index (χ3n) is 16.6. The fourth-order valence-corrected chi connectivity index (χ4v) is 17.7. The molecule has 0 amide bonds. The van der Waals surface area contributed by atoms with Gasteiger partial charge in [-0.1, -0.05) is 97.1 Å². The average Bonchev–Trinajstić information content (AvgIpc) is 0.755. The van der Waals surface area contributed by atoms with Crippen molar-refractivity contribution in [2.45, 2.75) is 38.5 Å². The van der Waals surface area contributed by atoms with Crippen molar-refractivity contribution in [2.75, 3.05) is 46.5 Å². The Kier molecular flexibility index (Phi) is 13.8. The smallest absolute Gasteiger partial charge is 0.416 e. The summed E-state index contributed by atoms with van der Waals surface area (Å²) in [4.78, 5) is 16.3. The molecule has 8 aromatic carbocycles. The maximum Gasteiger partial charge on any atom is 0.416 e. The van der Waals surface area contributed by atoms with Gasteiger partial charge in [-0.25, -0.2) is 9.97 Å². The van der Waals surface area contributed by atoms with Crippen LogP contribution in [0.25, 0.3) is 22.3 Å². The van der Waals surface area contributed by atoms with Crippen molar-refractivity contribution in [1.29, 1.82) is 0 Å². The molecular formula is C68H50F6N6O8P2. The number of ether oxygens (including phenoxy) is 4. The highest BCUT2D eigenvalue weighted by atomic mass is 31.2. The van der Waals surface area contributed by atoms with Gasteiger partial charge in [0.2, 0.25) is 0 Å². The van der Waals surface area contributed by atoms with Crippen molar-refractivity contribution < 1.29 is 63.5 Å². The number of hydrogen-bond acceptors (Lipinski definition) is 14. The van der Waals surface area contributed by atoms with Crippen molar-refractivity contribution in [2.24, 2.45) is 0 Å². The predicted octanol–water partition coefficient (Wildman–Crippen LogP) is 14.2. The molecule has 2 atom stereocenters. The monoisotopic (exact) mass is 1250 g/mol. The first-order valence-electron chi connectivity index (χ1n) is 28.6. The van der Waals surface area contributed by atoms with Gasteiger partial charge in [0.15, 0.2) is 26.9 Å². The molecule has 8 heterocycles. The average molecular weight is 1260 g/mol. The Morgan fingerprint density at radius 3 is 1.24 bits per heavy atom. The Morgan fingerprint density at radius 2 is 0.767 bits per heavy atom. The normalized spacial score (nSPS) is 18.4. The van der Waals surface area contributed by atoms with Gasteiger partial charge < -0.3 is 47.6 Å². The van der Waals surface area contributed by atoms with E-state index in [1.54, 1.807) is 58.6 Å². The van der Waals surface area contributed by atoms with E-state index in [0.29, 0.717) is 81.2 Å². The van der Waals surface area contributed by atoms with Gasteiger partial charge in [-0.15, -0.1) is 0 Å². The zero-order valence-corrected chi connectivity index (χ0v) is 49.2. The van der Waals surface area contributed by atoms with Crippen LogP contribution in [0.3, 0.4) is 0 Å². The number of nitrogens with zero attached hydrogens (tertiary/aromatic N) is 6. The number of aromatic nitrogens is 2. The fraction of sp³-hybridized carbons (Fsp3) is 0.147. The van der Waals surface area contributed by atoms with E-state index in [-0.39, 0.29) is 55.7 Å². The van der Waals surface area contributed by atoms with Crippen LogP contribution in [-0.4, -0.2) is 36.9 Å². The van der Waals surface area contributed by atoms with E-state index < -0.39 is 38.2 Å². The van der Waals surface area contributed by atoms with Gasteiger partial charge in [0.05, 0.1) is 47.9 Å². The second-order valence-electron chi connectivity index (χ2n) is 22.0. The summed E-state index contributed by atoms with van der Waals surface area (Å²) in [6, 6.07) is 54.8. The zero-order valence-electron chi connectivity index (χ0n) is 47.4. The maximum atomic E-state index is 15.6. The molecule has 452 valence electrons. The molecule has 0 aliphatic carbocycles. The van der Waals surface area contributed by atoms with Gasteiger partial charge in [0.1, 0.15) is 56.7 Å². The minimum absolute atomic E-state index is 0.0110. The molecule has 0 N–H and O–H groups in total. The summed E-state index contributed by atoms with van der Waals surface area (Å²) in [7, 11) is -7.77. The Hall–Kier alpha value is -9.90. The Balaban J connectivity index is 0.000000152. The number of para-hydroxylation sites is 2. The molecule has 0 spiro atoms.